The summed E-state index contributed by atoms with van der Waals surface area (Å²) in [5.74, 6) is 0.651. The molecule has 0 aliphatic heterocycles. The topological polar surface area (TPSA) is 61.9 Å². The molecule has 0 fully saturated rings. The molecule has 0 saturated heterocycles. The van der Waals surface area contributed by atoms with Gasteiger partial charge in [-0.05, 0) is 26.2 Å². The van der Waals surface area contributed by atoms with E-state index in [4.69, 9.17) is 4.74 Å². The smallest absolute Gasteiger partial charge is 0.363 e. The largest absolute Gasteiger partial charge is 0.403 e. The third-order valence-electron chi connectivity index (χ3n) is 2.54. The summed E-state index contributed by atoms with van der Waals surface area (Å²) in [6, 6.07) is 3.40. The summed E-state index contributed by atoms with van der Waals surface area (Å²) in [6.45, 7) is 4.44. The van der Waals surface area contributed by atoms with Crippen molar-refractivity contribution in [1.29, 1.82) is 0 Å². The Bertz CT molecular complexity index is 576. The van der Waals surface area contributed by atoms with E-state index in [0.717, 1.165) is 5.69 Å². The molecule has 0 amide bonds. The van der Waals surface area contributed by atoms with Crippen LogP contribution < -0.4 is 4.74 Å². The zero-order valence-corrected chi connectivity index (χ0v) is 12.0. The predicted octanol–water partition coefficient (Wildman–Crippen LogP) is 1.95. The van der Waals surface area contributed by atoms with Crippen molar-refractivity contribution in [2.75, 3.05) is 6.26 Å². The van der Waals surface area contributed by atoms with Crippen molar-refractivity contribution in [1.82, 2.24) is 19.6 Å². The lowest BCUT2D eigenvalue weighted by molar-refractivity contribution is 0.0706. The first-order chi connectivity index (χ1) is 9.15. The maximum Gasteiger partial charge on any atom is 0.363 e. The summed E-state index contributed by atoms with van der Waals surface area (Å²) >= 11 is 1.59. The molecular formula is C12H16N4O2S. The number of nitrogens with zero attached hydrogens (tertiary/aromatic N) is 4. The number of hydrogen-bond donors (Lipinski definition) is 0. The number of carbonyl (C=O) groups is 1. The van der Waals surface area contributed by atoms with E-state index in [1.807, 2.05) is 20.1 Å². The standard InChI is InChI=1S/C12H16N4O2S/c1-4-15-11(5-6-13-15)18-12(17)10-7-9(2)14-16(10)8-19-3/h5-7H,4,8H2,1-3H3. The van der Waals surface area contributed by atoms with Crippen molar-refractivity contribution < 1.29 is 9.53 Å². The van der Waals surface area contributed by atoms with E-state index in [2.05, 4.69) is 10.2 Å². The van der Waals surface area contributed by atoms with E-state index < -0.39 is 5.97 Å². The zero-order valence-electron chi connectivity index (χ0n) is 11.2. The van der Waals surface area contributed by atoms with Gasteiger partial charge in [-0.3, -0.25) is 0 Å². The molecule has 2 rings (SSSR count). The van der Waals surface area contributed by atoms with Gasteiger partial charge in [0.25, 0.3) is 0 Å². The first-order valence-electron chi connectivity index (χ1n) is 5.93. The first-order valence-corrected chi connectivity index (χ1v) is 7.32. The minimum atomic E-state index is -0.412. The fourth-order valence-electron chi connectivity index (χ4n) is 1.72. The van der Waals surface area contributed by atoms with E-state index in [0.29, 0.717) is 24.0 Å². The van der Waals surface area contributed by atoms with Crippen molar-refractivity contribution in [3.8, 4) is 5.88 Å². The predicted molar refractivity (Wildman–Crippen MR) is 73.3 cm³/mol. The Balaban J connectivity index is 2.20. The molecule has 2 aromatic heterocycles. The lowest BCUT2D eigenvalue weighted by Gasteiger charge is -2.07. The number of hydrogen-bond acceptors (Lipinski definition) is 5. The minimum Gasteiger partial charge on any atom is -0.403 e. The van der Waals surface area contributed by atoms with Crippen molar-refractivity contribution in [2.24, 2.45) is 0 Å². The summed E-state index contributed by atoms with van der Waals surface area (Å²) in [5.41, 5.74) is 1.25. The van der Waals surface area contributed by atoms with Gasteiger partial charge in [-0.2, -0.15) is 10.2 Å². The van der Waals surface area contributed by atoms with Crippen LogP contribution in [-0.2, 0) is 12.4 Å². The number of rotatable bonds is 5. The van der Waals surface area contributed by atoms with Crippen LogP contribution in [0.25, 0.3) is 0 Å². The highest BCUT2D eigenvalue weighted by atomic mass is 32.2. The molecule has 0 bridgehead atoms. The van der Waals surface area contributed by atoms with E-state index in [-0.39, 0.29) is 0 Å². The highest BCUT2D eigenvalue weighted by Crippen LogP contribution is 2.14. The molecule has 0 unspecified atom stereocenters. The molecule has 2 aromatic rings. The maximum absolute atomic E-state index is 12.2. The van der Waals surface area contributed by atoms with Gasteiger partial charge in [0, 0.05) is 12.6 Å². The number of carbonyl (C=O) groups excluding carboxylic acids is 1. The molecule has 7 heteroatoms. The van der Waals surface area contributed by atoms with Gasteiger partial charge < -0.3 is 4.74 Å². The van der Waals surface area contributed by atoms with Crippen LogP contribution in [0.2, 0.25) is 0 Å². The fraction of sp³-hybridized carbons (Fsp3) is 0.417. The van der Waals surface area contributed by atoms with Crippen molar-refractivity contribution in [3.05, 3.63) is 29.7 Å². The quantitative estimate of drug-likeness (QED) is 0.783. The average Bonchev–Trinajstić information content (AvgIpc) is 2.96. The molecule has 102 valence electrons. The highest BCUT2D eigenvalue weighted by molar-refractivity contribution is 7.97. The molecule has 0 aromatic carbocycles. The molecule has 0 saturated carbocycles. The van der Waals surface area contributed by atoms with Crippen molar-refractivity contribution in [3.63, 3.8) is 0 Å². The molecule has 0 aliphatic carbocycles. The maximum atomic E-state index is 12.2. The highest BCUT2D eigenvalue weighted by Gasteiger charge is 2.17. The van der Waals surface area contributed by atoms with Gasteiger partial charge in [0.15, 0.2) is 0 Å². The second kappa shape index (κ2) is 5.92. The Morgan fingerprint density at radius 2 is 2.26 bits per heavy atom. The molecule has 0 atom stereocenters. The first kappa shape index (κ1) is 13.7. The van der Waals surface area contributed by atoms with Gasteiger partial charge in [-0.1, -0.05) is 0 Å². The average molecular weight is 280 g/mol. The number of aryl methyl sites for hydroxylation is 2. The van der Waals surface area contributed by atoms with Crippen LogP contribution >= 0.6 is 11.8 Å². The Morgan fingerprint density at radius 1 is 1.47 bits per heavy atom. The van der Waals surface area contributed by atoms with Gasteiger partial charge in [-0.25, -0.2) is 14.2 Å². The number of aromatic nitrogens is 4. The van der Waals surface area contributed by atoms with Crippen LogP contribution in [0.4, 0.5) is 0 Å². The fourth-order valence-corrected chi connectivity index (χ4v) is 2.16. The lowest BCUT2D eigenvalue weighted by atomic mass is 10.4. The van der Waals surface area contributed by atoms with Gasteiger partial charge in [0.2, 0.25) is 5.88 Å². The molecule has 0 radical (unpaired) electrons. The van der Waals surface area contributed by atoms with E-state index in [9.17, 15) is 4.79 Å². The molecule has 6 nitrogen and oxygen atoms in total. The zero-order chi connectivity index (χ0) is 13.8. The van der Waals surface area contributed by atoms with Crippen LogP contribution in [0.5, 0.6) is 5.88 Å². The van der Waals surface area contributed by atoms with Gasteiger partial charge >= 0.3 is 5.97 Å². The summed E-state index contributed by atoms with van der Waals surface area (Å²) in [6.07, 6.45) is 3.56. The van der Waals surface area contributed by atoms with Crippen molar-refractivity contribution in [2.45, 2.75) is 26.3 Å². The number of thioether (sulfide) groups is 1. The van der Waals surface area contributed by atoms with Gasteiger partial charge in [-0.15, -0.1) is 11.8 Å². The molecule has 0 spiro atoms. The van der Waals surface area contributed by atoms with Crippen LogP contribution in [0.3, 0.4) is 0 Å². The van der Waals surface area contributed by atoms with Crippen LogP contribution in [0.1, 0.15) is 23.1 Å². The molecule has 2 heterocycles. The van der Waals surface area contributed by atoms with Crippen LogP contribution in [-0.4, -0.2) is 31.8 Å². The van der Waals surface area contributed by atoms with E-state index in [1.165, 1.54) is 0 Å². The van der Waals surface area contributed by atoms with Crippen LogP contribution in [0.15, 0.2) is 18.3 Å². The lowest BCUT2D eigenvalue weighted by Crippen LogP contribution is -2.16. The van der Waals surface area contributed by atoms with E-state index in [1.54, 1.807) is 39.5 Å². The summed E-state index contributed by atoms with van der Waals surface area (Å²) in [4.78, 5) is 12.2. The third-order valence-corrected chi connectivity index (χ3v) is 3.04. The van der Waals surface area contributed by atoms with E-state index >= 15 is 0 Å². The Morgan fingerprint density at radius 3 is 2.95 bits per heavy atom. The molecular weight excluding hydrogens is 264 g/mol. The third kappa shape index (κ3) is 2.98. The molecule has 19 heavy (non-hydrogen) atoms. The second-order valence-corrected chi connectivity index (χ2v) is 4.80. The molecule has 0 aliphatic rings. The van der Waals surface area contributed by atoms with Crippen LogP contribution in [0, 0.1) is 6.92 Å². The monoisotopic (exact) mass is 280 g/mol. The number of esters is 1. The Hall–Kier alpha value is -1.76. The Kier molecular flexibility index (Phi) is 4.26. The molecule has 0 N–H and O–H groups in total. The van der Waals surface area contributed by atoms with Gasteiger partial charge in [0.1, 0.15) is 5.69 Å². The van der Waals surface area contributed by atoms with Crippen molar-refractivity contribution >= 4 is 17.7 Å². The normalized spacial score (nSPS) is 10.7. The second-order valence-electron chi connectivity index (χ2n) is 3.96. The summed E-state index contributed by atoms with van der Waals surface area (Å²) < 4.78 is 8.63. The summed E-state index contributed by atoms with van der Waals surface area (Å²) in [7, 11) is 0. The Labute approximate surface area is 115 Å². The SMILES string of the molecule is CCn1nccc1OC(=O)c1cc(C)nn1CSC. The number of ether oxygens (including phenoxy) is 1. The summed E-state index contributed by atoms with van der Waals surface area (Å²) in [5, 5.41) is 8.32. The van der Waals surface area contributed by atoms with Gasteiger partial charge in [0.05, 0.1) is 17.8 Å². The minimum absolute atomic E-state index is 0.412.